The zero-order chi connectivity index (χ0) is 49.1. The van der Waals surface area contributed by atoms with Gasteiger partial charge in [0.2, 0.25) is 11.8 Å². The SMILES string of the molecule is CO[C@@H](C)c1ncccc1-c1c2c3cc(ccc3n1CC(F)(F)F)-c1csc(n1)C[C@H](NC(=O)[C@H](C1CCCC1)N1CCCC3(CN(C(=O)[C@H]4CN4)C3)C1)C(=O)N1CCC[C@H](N1)C(=O)OCC(C)(C)C2. The van der Waals surface area contributed by atoms with Crippen molar-refractivity contribution in [2.24, 2.45) is 16.7 Å². The maximum atomic E-state index is 15.0. The summed E-state index contributed by atoms with van der Waals surface area (Å²) in [6.07, 6.45) is 3.51. The van der Waals surface area contributed by atoms with E-state index in [2.05, 4.69) is 25.9 Å². The first-order chi connectivity index (χ1) is 33.5. The van der Waals surface area contributed by atoms with Crippen molar-refractivity contribution in [3.8, 4) is 22.5 Å². The second-order valence-electron chi connectivity index (χ2n) is 21.4. The lowest BCUT2D eigenvalue weighted by Gasteiger charge is -2.56. The number of thiazole rings is 1. The first-order valence-corrected chi connectivity index (χ1v) is 25.8. The topological polar surface area (TPSA) is 173 Å². The van der Waals surface area contributed by atoms with Crippen LogP contribution in [-0.4, -0.2) is 136 Å². The highest BCUT2D eigenvalue weighted by molar-refractivity contribution is 7.10. The number of hydrogen-bond acceptors (Lipinski definition) is 12. The van der Waals surface area contributed by atoms with Crippen molar-refractivity contribution >= 4 is 45.9 Å². The smallest absolute Gasteiger partial charge is 0.406 e. The quantitative estimate of drug-likeness (QED) is 0.129. The molecule has 70 heavy (non-hydrogen) atoms. The molecule has 4 aromatic rings. The lowest BCUT2D eigenvalue weighted by molar-refractivity contribution is -0.155. The molecule has 3 aromatic heterocycles. The number of rotatable bonds is 9. The van der Waals surface area contributed by atoms with Crippen molar-refractivity contribution in [3.63, 3.8) is 0 Å². The van der Waals surface area contributed by atoms with Crippen molar-refractivity contribution in [1.29, 1.82) is 0 Å². The van der Waals surface area contributed by atoms with Crippen molar-refractivity contribution in [2.75, 3.05) is 53.0 Å². The van der Waals surface area contributed by atoms with Crippen LogP contribution in [0.2, 0.25) is 0 Å². The van der Waals surface area contributed by atoms with E-state index in [1.54, 1.807) is 37.4 Å². The van der Waals surface area contributed by atoms with Gasteiger partial charge in [-0.15, -0.1) is 11.3 Å². The summed E-state index contributed by atoms with van der Waals surface area (Å²) in [5, 5.41) is 10.9. The van der Waals surface area contributed by atoms with Gasteiger partial charge in [-0.25, -0.2) is 10.4 Å². The first kappa shape index (κ1) is 48.7. The summed E-state index contributed by atoms with van der Waals surface area (Å²) >= 11 is 1.35. The summed E-state index contributed by atoms with van der Waals surface area (Å²) < 4.78 is 57.2. The summed E-state index contributed by atoms with van der Waals surface area (Å²) in [5.74, 6) is -0.874. The highest BCUT2D eigenvalue weighted by Crippen LogP contribution is 2.45. The molecule has 3 N–H and O–H groups in total. The molecular weight excluding hydrogens is 924 g/mol. The minimum absolute atomic E-state index is 0.0576. The van der Waals surface area contributed by atoms with E-state index in [0.717, 1.165) is 51.6 Å². The molecule has 376 valence electrons. The normalized spacial score (nSPS) is 25.0. The van der Waals surface area contributed by atoms with Gasteiger partial charge in [0.15, 0.2) is 0 Å². The van der Waals surface area contributed by atoms with Crippen LogP contribution in [0.1, 0.15) is 94.5 Å². The number of hydrazine groups is 1. The van der Waals surface area contributed by atoms with Crippen molar-refractivity contribution in [3.05, 3.63) is 58.2 Å². The molecule has 0 radical (unpaired) electrons. The lowest BCUT2D eigenvalue weighted by Crippen LogP contribution is -2.68. The van der Waals surface area contributed by atoms with Crippen molar-refractivity contribution in [2.45, 2.75) is 128 Å². The van der Waals surface area contributed by atoms with E-state index in [0.29, 0.717) is 88.7 Å². The summed E-state index contributed by atoms with van der Waals surface area (Å²) in [6.45, 7) is 8.19. The third-order valence-corrected chi connectivity index (χ3v) is 16.3. The number of aromatic nitrogens is 3. The fourth-order valence-corrected chi connectivity index (χ4v) is 12.8. The Morgan fingerprint density at radius 1 is 1.06 bits per heavy atom. The number of halogens is 3. The Bertz CT molecular complexity index is 2640. The molecule has 1 saturated carbocycles. The standard InChI is InChI=1S/C51H64F3N9O6S/c1-30(68-4)42-33(12-7-17-55-42)44-35-22-49(2,3)29-69-48(67)36-13-8-19-63(59-36)47(66)37(21-41-57-39(24-70-41)32-14-15-40(34(35)20-32)62(44)28-51(52,53)54)58-45(64)43(31-10-5-6-11-31)60-18-9-16-50(25-60)26-61(27-50)46(65)38-23-56-38/h7,12,14-15,17,20,24,30-31,36-38,43,56,59H,5-6,8-11,13,16,18-19,21-23,25-29H2,1-4H3,(H,58,64)/t30-,36-,37-,38+,43-/m0/s1. The molecule has 3 amide bonds. The zero-order valence-corrected chi connectivity index (χ0v) is 41.2. The number of methoxy groups -OCH3 is 1. The highest BCUT2D eigenvalue weighted by atomic mass is 32.1. The number of pyridine rings is 1. The molecule has 19 heteroatoms. The molecule has 5 aliphatic heterocycles. The molecular formula is C51H64F3N9O6S. The third kappa shape index (κ3) is 9.97. The molecule has 10 rings (SSSR count). The van der Waals surface area contributed by atoms with Crippen molar-refractivity contribution in [1.82, 2.24) is 45.4 Å². The predicted molar refractivity (Wildman–Crippen MR) is 257 cm³/mol. The van der Waals surface area contributed by atoms with E-state index in [9.17, 15) is 27.6 Å². The van der Waals surface area contributed by atoms with Crippen molar-refractivity contribution < 1.29 is 41.8 Å². The fraction of sp³-hybridized carbons (Fsp3) is 0.608. The summed E-state index contributed by atoms with van der Waals surface area (Å²) in [6, 6.07) is 6.41. The van der Waals surface area contributed by atoms with Gasteiger partial charge in [0.05, 0.1) is 46.9 Å². The number of likely N-dealkylation sites (tertiary alicyclic amines) is 2. The molecule has 8 heterocycles. The average Bonchev–Trinajstić information content (AvgIpc) is 3.71. The van der Waals surface area contributed by atoms with Crippen LogP contribution in [0.15, 0.2) is 41.9 Å². The van der Waals surface area contributed by atoms with Gasteiger partial charge in [0.1, 0.15) is 18.6 Å². The Balaban J connectivity index is 1.01. The molecule has 5 fully saturated rings. The van der Waals surface area contributed by atoms with Crippen LogP contribution in [0.25, 0.3) is 33.4 Å². The molecule has 5 atom stereocenters. The summed E-state index contributed by atoms with van der Waals surface area (Å²) in [7, 11) is 1.53. The van der Waals surface area contributed by atoms with Crippen LogP contribution < -0.4 is 16.1 Å². The largest absolute Gasteiger partial charge is 0.464 e. The molecule has 15 nitrogen and oxygen atoms in total. The van der Waals surface area contributed by atoms with E-state index in [4.69, 9.17) is 14.5 Å². The lowest BCUT2D eigenvalue weighted by atomic mass is 9.72. The van der Waals surface area contributed by atoms with E-state index in [1.807, 2.05) is 30.2 Å². The average molecular weight is 988 g/mol. The van der Waals surface area contributed by atoms with Gasteiger partial charge in [0.25, 0.3) is 5.91 Å². The van der Waals surface area contributed by atoms with Gasteiger partial charge in [-0.05, 0) is 94.2 Å². The van der Waals surface area contributed by atoms with Crippen LogP contribution in [-0.2, 0) is 48.0 Å². The number of nitrogens with zero attached hydrogens (tertiary/aromatic N) is 6. The number of nitrogens with one attached hydrogen (secondary N) is 3. The second kappa shape index (κ2) is 19.2. The maximum absolute atomic E-state index is 15.0. The second-order valence-corrected chi connectivity index (χ2v) is 22.4. The maximum Gasteiger partial charge on any atom is 0.406 e. The molecule has 1 spiro atoms. The van der Waals surface area contributed by atoms with Gasteiger partial charge in [-0.3, -0.25) is 34.1 Å². The predicted octanol–water partition coefficient (Wildman–Crippen LogP) is 6.20. The number of benzene rings is 1. The van der Waals surface area contributed by atoms with E-state index < -0.39 is 48.3 Å². The van der Waals surface area contributed by atoms with Crippen LogP contribution in [0.3, 0.4) is 0 Å². The Kier molecular flexibility index (Phi) is 13.4. The number of carbonyl (C=O) groups is 4. The molecule has 1 aromatic carbocycles. The van der Waals surface area contributed by atoms with Crippen LogP contribution >= 0.6 is 11.3 Å². The van der Waals surface area contributed by atoms with Gasteiger partial charge in [-0.2, -0.15) is 13.2 Å². The van der Waals surface area contributed by atoms with Crippen LogP contribution in [0.5, 0.6) is 0 Å². The fourth-order valence-electron chi connectivity index (χ4n) is 11.9. The summed E-state index contributed by atoms with van der Waals surface area (Å²) in [5.41, 5.74) is 5.93. The Morgan fingerprint density at radius 3 is 2.59 bits per heavy atom. The third-order valence-electron chi connectivity index (χ3n) is 15.4. The number of amides is 3. The molecule has 6 bridgehead atoms. The zero-order valence-electron chi connectivity index (χ0n) is 40.4. The van der Waals surface area contributed by atoms with Crippen LogP contribution in [0, 0.1) is 16.7 Å². The van der Waals surface area contributed by atoms with E-state index in [1.165, 1.54) is 28.0 Å². The molecule has 0 unspecified atom stereocenters. The number of carbonyl (C=O) groups excluding carboxylic acids is 4. The number of ether oxygens (including phenoxy) is 2. The van der Waals surface area contributed by atoms with Crippen LogP contribution in [0.4, 0.5) is 13.2 Å². The molecule has 1 aliphatic carbocycles. The molecule has 4 saturated heterocycles. The number of piperidine rings is 1. The minimum Gasteiger partial charge on any atom is -0.464 e. The Hall–Kier alpha value is -4.95. The van der Waals surface area contributed by atoms with Gasteiger partial charge < -0.3 is 29.6 Å². The number of alkyl halides is 3. The van der Waals surface area contributed by atoms with Gasteiger partial charge in [-0.1, -0.05) is 32.8 Å². The Labute approximate surface area is 410 Å². The number of fused-ring (bicyclic) bond motifs is 6. The molecule has 6 aliphatic rings. The van der Waals surface area contributed by atoms with Gasteiger partial charge in [0, 0.05) is 90.7 Å². The van der Waals surface area contributed by atoms with E-state index in [-0.39, 0.29) is 54.5 Å². The van der Waals surface area contributed by atoms with Gasteiger partial charge >= 0.3 is 12.1 Å². The summed E-state index contributed by atoms with van der Waals surface area (Å²) in [4.78, 5) is 70.7. The highest BCUT2D eigenvalue weighted by Gasteiger charge is 2.52. The minimum atomic E-state index is -4.57. The number of esters is 1. The Morgan fingerprint density at radius 2 is 1.84 bits per heavy atom. The first-order valence-electron chi connectivity index (χ1n) is 24.9. The van der Waals surface area contributed by atoms with E-state index >= 15 is 4.79 Å². The number of hydrogen-bond donors (Lipinski definition) is 3. The number of cyclic esters (lactones) is 1. The monoisotopic (exact) mass is 987 g/mol.